The van der Waals surface area contributed by atoms with E-state index in [4.69, 9.17) is 11.6 Å². The molecule has 106 valence electrons. The van der Waals surface area contributed by atoms with Crippen LogP contribution in [0, 0.1) is 11.6 Å². The first-order valence-electron chi connectivity index (χ1n) is 6.28. The van der Waals surface area contributed by atoms with Gasteiger partial charge in [0.05, 0.1) is 6.42 Å². The minimum Gasteiger partial charge on any atom is -0.345 e. The molecule has 0 atom stereocenters. The van der Waals surface area contributed by atoms with Gasteiger partial charge in [0.25, 0.3) is 0 Å². The van der Waals surface area contributed by atoms with Crippen molar-refractivity contribution in [3.8, 4) is 0 Å². The van der Waals surface area contributed by atoms with Gasteiger partial charge in [0.2, 0.25) is 5.91 Å². The van der Waals surface area contributed by atoms with Gasteiger partial charge in [-0.3, -0.25) is 4.79 Å². The molecule has 1 aromatic rings. The normalized spacial score (nSPS) is 10.5. The first-order valence-corrected chi connectivity index (χ1v) is 6.82. The van der Waals surface area contributed by atoms with Crippen LogP contribution < -0.4 is 0 Å². The second-order valence-electron chi connectivity index (χ2n) is 4.48. The Morgan fingerprint density at radius 3 is 2.63 bits per heavy atom. The molecule has 0 bridgehead atoms. The highest BCUT2D eigenvalue weighted by Crippen LogP contribution is 2.11. The van der Waals surface area contributed by atoms with Gasteiger partial charge in [0.15, 0.2) is 0 Å². The van der Waals surface area contributed by atoms with Crippen molar-refractivity contribution < 1.29 is 13.6 Å². The Balaban J connectivity index is 2.45. The molecule has 0 unspecified atom stereocenters. The summed E-state index contributed by atoms with van der Waals surface area (Å²) in [6, 6.07) is 3.26. The molecule has 0 fully saturated rings. The number of halogens is 3. The van der Waals surface area contributed by atoms with Crippen LogP contribution in [0.25, 0.3) is 0 Å². The molecule has 5 heteroatoms. The summed E-state index contributed by atoms with van der Waals surface area (Å²) in [5.74, 6) is -0.859. The van der Waals surface area contributed by atoms with Crippen LogP contribution in [-0.4, -0.2) is 30.3 Å². The molecule has 0 aliphatic heterocycles. The zero-order chi connectivity index (χ0) is 14.3. The number of unbranched alkanes of at least 4 members (excludes halogenated alkanes) is 2. The summed E-state index contributed by atoms with van der Waals surface area (Å²) in [5.41, 5.74) is 0.221. The molecular weight excluding hydrogens is 272 g/mol. The molecule has 0 aromatic heterocycles. The number of hydrogen-bond donors (Lipinski definition) is 0. The van der Waals surface area contributed by atoms with E-state index in [0.29, 0.717) is 12.4 Å². The lowest BCUT2D eigenvalue weighted by Gasteiger charge is -2.17. The molecular formula is C14H18ClF2NO. The molecule has 0 aliphatic rings. The number of carbonyl (C=O) groups excluding carboxylic acids is 1. The van der Waals surface area contributed by atoms with Crippen molar-refractivity contribution in [3.63, 3.8) is 0 Å². The predicted octanol–water partition coefficient (Wildman–Crippen LogP) is 3.37. The Hall–Kier alpha value is -1.16. The van der Waals surface area contributed by atoms with Gasteiger partial charge in [-0.05, 0) is 24.5 Å². The Labute approximate surface area is 117 Å². The van der Waals surface area contributed by atoms with E-state index in [0.717, 1.165) is 31.4 Å². The van der Waals surface area contributed by atoms with E-state index >= 15 is 0 Å². The predicted molar refractivity (Wildman–Crippen MR) is 72.3 cm³/mol. The van der Waals surface area contributed by atoms with Crippen LogP contribution in [0.3, 0.4) is 0 Å². The topological polar surface area (TPSA) is 20.3 Å². The summed E-state index contributed by atoms with van der Waals surface area (Å²) >= 11 is 5.56. The van der Waals surface area contributed by atoms with Gasteiger partial charge in [0.1, 0.15) is 11.6 Å². The van der Waals surface area contributed by atoms with Gasteiger partial charge < -0.3 is 4.90 Å². The fourth-order valence-electron chi connectivity index (χ4n) is 1.71. The molecule has 1 aromatic carbocycles. The van der Waals surface area contributed by atoms with Crippen LogP contribution in [0.5, 0.6) is 0 Å². The monoisotopic (exact) mass is 289 g/mol. The summed E-state index contributed by atoms with van der Waals surface area (Å²) in [6.45, 7) is 0.624. The third-order valence-corrected chi connectivity index (χ3v) is 3.18. The standard InChI is InChI=1S/C14H18ClF2NO/c1-18(8-4-2-3-7-15)14(19)9-11-5-6-12(16)10-13(11)17/h5-6,10H,2-4,7-9H2,1H3. The second kappa shape index (κ2) is 8.10. The number of alkyl halides is 1. The molecule has 1 rings (SSSR count). The van der Waals surface area contributed by atoms with E-state index < -0.39 is 11.6 Å². The lowest BCUT2D eigenvalue weighted by Crippen LogP contribution is -2.29. The zero-order valence-electron chi connectivity index (χ0n) is 11.0. The molecule has 0 saturated carbocycles. The SMILES string of the molecule is CN(CCCCCCl)C(=O)Cc1ccc(F)cc1F. The van der Waals surface area contributed by atoms with Crippen LogP contribution >= 0.6 is 11.6 Å². The van der Waals surface area contributed by atoms with Crippen molar-refractivity contribution in [1.82, 2.24) is 4.90 Å². The van der Waals surface area contributed by atoms with Gasteiger partial charge in [0, 0.05) is 25.5 Å². The number of hydrogen-bond acceptors (Lipinski definition) is 1. The van der Waals surface area contributed by atoms with E-state index in [-0.39, 0.29) is 17.9 Å². The smallest absolute Gasteiger partial charge is 0.226 e. The van der Waals surface area contributed by atoms with Gasteiger partial charge >= 0.3 is 0 Å². The van der Waals surface area contributed by atoms with E-state index in [9.17, 15) is 13.6 Å². The molecule has 0 spiro atoms. The Morgan fingerprint density at radius 1 is 1.26 bits per heavy atom. The summed E-state index contributed by atoms with van der Waals surface area (Å²) in [6.07, 6.45) is 2.72. The van der Waals surface area contributed by atoms with Crippen molar-refractivity contribution in [2.24, 2.45) is 0 Å². The van der Waals surface area contributed by atoms with Crippen molar-refractivity contribution in [2.45, 2.75) is 25.7 Å². The summed E-state index contributed by atoms with van der Waals surface area (Å²) < 4.78 is 26.1. The quantitative estimate of drug-likeness (QED) is 0.557. The average molecular weight is 290 g/mol. The van der Waals surface area contributed by atoms with Gasteiger partial charge in [-0.2, -0.15) is 0 Å². The fraction of sp³-hybridized carbons (Fsp3) is 0.500. The van der Waals surface area contributed by atoms with Gasteiger partial charge in [-0.15, -0.1) is 11.6 Å². The second-order valence-corrected chi connectivity index (χ2v) is 4.86. The molecule has 0 radical (unpaired) electrons. The highest BCUT2D eigenvalue weighted by atomic mass is 35.5. The Kier molecular flexibility index (Phi) is 6.78. The molecule has 2 nitrogen and oxygen atoms in total. The van der Waals surface area contributed by atoms with E-state index in [1.54, 1.807) is 11.9 Å². The summed E-state index contributed by atoms with van der Waals surface area (Å²) in [7, 11) is 1.68. The zero-order valence-corrected chi connectivity index (χ0v) is 11.7. The van der Waals surface area contributed by atoms with Crippen molar-refractivity contribution in [3.05, 3.63) is 35.4 Å². The summed E-state index contributed by atoms with van der Waals surface area (Å²) in [4.78, 5) is 13.4. The Morgan fingerprint density at radius 2 is 2.00 bits per heavy atom. The lowest BCUT2D eigenvalue weighted by atomic mass is 10.1. The van der Waals surface area contributed by atoms with Crippen molar-refractivity contribution >= 4 is 17.5 Å². The highest BCUT2D eigenvalue weighted by Gasteiger charge is 2.12. The van der Waals surface area contributed by atoms with Crippen LogP contribution in [0.1, 0.15) is 24.8 Å². The first kappa shape index (κ1) is 15.9. The summed E-state index contributed by atoms with van der Waals surface area (Å²) in [5, 5.41) is 0. The van der Waals surface area contributed by atoms with Gasteiger partial charge in [-0.25, -0.2) is 8.78 Å². The molecule has 1 amide bonds. The van der Waals surface area contributed by atoms with Crippen LogP contribution in [0.2, 0.25) is 0 Å². The third-order valence-electron chi connectivity index (χ3n) is 2.91. The maximum Gasteiger partial charge on any atom is 0.226 e. The highest BCUT2D eigenvalue weighted by molar-refractivity contribution is 6.17. The maximum atomic E-state index is 13.4. The first-order chi connectivity index (χ1) is 9.04. The van der Waals surface area contributed by atoms with Gasteiger partial charge in [-0.1, -0.05) is 12.5 Å². The van der Waals surface area contributed by atoms with Crippen molar-refractivity contribution in [1.29, 1.82) is 0 Å². The fourth-order valence-corrected chi connectivity index (χ4v) is 1.90. The van der Waals surface area contributed by atoms with Crippen LogP contribution in [0.15, 0.2) is 18.2 Å². The number of carbonyl (C=O) groups is 1. The molecule has 0 heterocycles. The number of amides is 1. The lowest BCUT2D eigenvalue weighted by molar-refractivity contribution is -0.129. The molecule has 0 N–H and O–H groups in total. The van der Waals surface area contributed by atoms with E-state index in [1.807, 2.05) is 0 Å². The van der Waals surface area contributed by atoms with E-state index in [1.165, 1.54) is 6.07 Å². The minimum absolute atomic E-state index is 0.0435. The van der Waals surface area contributed by atoms with Crippen molar-refractivity contribution in [2.75, 3.05) is 19.5 Å². The largest absolute Gasteiger partial charge is 0.345 e. The number of benzene rings is 1. The minimum atomic E-state index is -0.677. The number of rotatable bonds is 7. The number of likely N-dealkylation sites (N-methyl/N-ethyl adjacent to an activating group) is 1. The van der Waals surface area contributed by atoms with Crippen LogP contribution in [0.4, 0.5) is 8.78 Å². The molecule has 0 saturated heterocycles. The van der Waals surface area contributed by atoms with E-state index in [2.05, 4.69) is 0 Å². The molecule has 0 aliphatic carbocycles. The molecule has 19 heavy (non-hydrogen) atoms. The number of nitrogens with zero attached hydrogens (tertiary/aromatic N) is 1. The van der Waals surface area contributed by atoms with Crippen LogP contribution in [-0.2, 0) is 11.2 Å². The third kappa shape index (κ3) is 5.55. The maximum absolute atomic E-state index is 13.4. The Bertz CT molecular complexity index is 426. The average Bonchev–Trinajstić information content (AvgIpc) is 2.37.